The lowest BCUT2D eigenvalue weighted by Gasteiger charge is -2.35. The molecule has 1 aliphatic rings. The summed E-state index contributed by atoms with van der Waals surface area (Å²) in [4.78, 5) is 20.2. The fourth-order valence-corrected chi connectivity index (χ4v) is 3.89. The Kier molecular flexibility index (Phi) is 5.63. The number of likely N-dealkylation sites (tertiary alicyclic amines) is 1. The predicted octanol–water partition coefficient (Wildman–Crippen LogP) is 2.13. The second kappa shape index (κ2) is 7.90. The van der Waals surface area contributed by atoms with Gasteiger partial charge in [0.2, 0.25) is 5.91 Å². The number of carbonyl (C=O) groups is 1. The van der Waals surface area contributed by atoms with Crippen LogP contribution in [-0.2, 0) is 17.9 Å². The van der Waals surface area contributed by atoms with Crippen LogP contribution in [0, 0.1) is 13.8 Å². The minimum absolute atomic E-state index is 0.0989. The van der Waals surface area contributed by atoms with Crippen molar-refractivity contribution in [3.05, 3.63) is 34.0 Å². The van der Waals surface area contributed by atoms with Crippen molar-refractivity contribution in [1.29, 1.82) is 0 Å². The monoisotopic (exact) mass is 347 g/mol. The maximum atomic E-state index is 12.3. The van der Waals surface area contributed by atoms with Crippen LogP contribution < -0.4 is 5.32 Å². The van der Waals surface area contributed by atoms with Crippen LogP contribution in [0.1, 0.15) is 35.8 Å². The molecule has 130 valence electrons. The molecule has 1 fully saturated rings. The van der Waals surface area contributed by atoms with Gasteiger partial charge in [-0.2, -0.15) is 5.10 Å². The van der Waals surface area contributed by atoms with E-state index in [9.17, 15) is 4.79 Å². The van der Waals surface area contributed by atoms with E-state index < -0.39 is 0 Å². The smallest absolute Gasteiger partial charge is 0.234 e. The standard InChI is InChI=1S/C17H25N5OS/c1-13-19-14(2)22(20-13)11-15-6-3-4-8-21(15)12-17(23)18-10-16-7-5-9-24-16/h5,7,9,15H,3-4,6,8,10-12H2,1-2H3,(H,18,23)/t15-/m1/s1. The summed E-state index contributed by atoms with van der Waals surface area (Å²) in [5.74, 6) is 1.85. The van der Waals surface area contributed by atoms with Crippen LogP contribution in [0.5, 0.6) is 0 Å². The van der Waals surface area contributed by atoms with E-state index in [1.807, 2.05) is 36.0 Å². The highest BCUT2D eigenvalue weighted by Gasteiger charge is 2.25. The van der Waals surface area contributed by atoms with Crippen molar-refractivity contribution in [3.63, 3.8) is 0 Å². The lowest BCUT2D eigenvalue weighted by atomic mass is 10.0. The number of aryl methyl sites for hydroxylation is 2. The lowest BCUT2D eigenvalue weighted by Crippen LogP contribution is -2.47. The van der Waals surface area contributed by atoms with Crippen LogP contribution in [0.25, 0.3) is 0 Å². The van der Waals surface area contributed by atoms with Crippen molar-refractivity contribution in [2.24, 2.45) is 0 Å². The first-order chi connectivity index (χ1) is 11.6. The molecule has 0 bridgehead atoms. The number of amides is 1. The molecular weight excluding hydrogens is 322 g/mol. The number of piperidine rings is 1. The lowest BCUT2D eigenvalue weighted by molar-refractivity contribution is -0.123. The van der Waals surface area contributed by atoms with E-state index in [0.29, 0.717) is 19.1 Å². The van der Waals surface area contributed by atoms with Gasteiger partial charge in [0.25, 0.3) is 0 Å². The highest BCUT2D eigenvalue weighted by molar-refractivity contribution is 7.09. The molecule has 0 saturated carbocycles. The van der Waals surface area contributed by atoms with Crippen LogP contribution in [0.4, 0.5) is 0 Å². The van der Waals surface area contributed by atoms with Crippen molar-refractivity contribution in [2.75, 3.05) is 13.1 Å². The third kappa shape index (κ3) is 4.42. The van der Waals surface area contributed by atoms with Crippen molar-refractivity contribution in [3.8, 4) is 0 Å². The van der Waals surface area contributed by atoms with Gasteiger partial charge < -0.3 is 5.32 Å². The Labute approximate surface area is 146 Å². The molecule has 1 aliphatic heterocycles. The summed E-state index contributed by atoms with van der Waals surface area (Å²) in [6.07, 6.45) is 3.48. The zero-order valence-corrected chi connectivity index (χ0v) is 15.2. The fraction of sp³-hybridized carbons (Fsp3) is 0.588. The van der Waals surface area contributed by atoms with Crippen LogP contribution in [0.15, 0.2) is 17.5 Å². The third-order valence-corrected chi connectivity index (χ3v) is 5.36. The van der Waals surface area contributed by atoms with Crippen LogP contribution in [-0.4, -0.2) is 44.7 Å². The minimum atomic E-state index is 0.0989. The first-order valence-corrected chi connectivity index (χ1v) is 9.41. The van der Waals surface area contributed by atoms with Crippen LogP contribution >= 0.6 is 11.3 Å². The molecule has 1 amide bonds. The molecule has 1 N–H and O–H groups in total. The number of hydrogen-bond acceptors (Lipinski definition) is 5. The number of rotatable bonds is 6. The molecule has 0 spiro atoms. The van der Waals surface area contributed by atoms with E-state index in [2.05, 4.69) is 20.3 Å². The molecule has 0 aliphatic carbocycles. The quantitative estimate of drug-likeness (QED) is 0.869. The van der Waals surface area contributed by atoms with Gasteiger partial charge >= 0.3 is 0 Å². The van der Waals surface area contributed by atoms with E-state index >= 15 is 0 Å². The predicted molar refractivity (Wildman–Crippen MR) is 94.9 cm³/mol. The van der Waals surface area contributed by atoms with E-state index in [1.54, 1.807) is 11.3 Å². The SMILES string of the molecule is Cc1nc(C)n(C[C@H]2CCCCN2CC(=O)NCc2cccs2)n1. The zero-order valence-electron chi connectivity index (χ0n) is 14.4. The van der Waals surface area contributed by atoms with Crippen molar-refractivity contribution in [1.82, 2.24) is 25.0 Å². The van der Waals surface area contributed by atoms with Gasteiger partial charge in [0, 0.05) is 10.9 Å². The molecule has 0 aromatic carbocycles. The van der Waals surface area contributed by atoms with Gasteiger partial charge in [-0.05, 0) is 44.7 Å². The Bertz CT molecular complexity index is 667. The second-order valence-electron chi connectivity index (χ2n) is 6.36. The summed E-state index contributed by atoms with van der Waals surface area (Å²) in [5.41, 5.74) is 0. The Hall–Kier alpha value is -1.73. The van der Waals surface area contributed by atoms with Gasteiger partial charge in [0.15, 0.2) is 0 Å². The largest absolute Gasteiger partial charge is 0.350 e. The Morgan fingerprint density at radius 3 is 3.00 bits per heavy atom. The number of aromatic nitrogens is 3. The van der Waals surface area contributed by atoms with E-state index in [-0.39, 0.29) is 5.91 Å². The molecule has 6 nitrogen and oxygen atoms in total. The first-order valence-electron chi connectivity index (χ1n) is 8.53. The summed E-state index contributed by atoms with van der Waals surface area (Å²) >= 11 is 1.67. The number of nitrogens with one attached hydrogen (secondary N) is 1. The molecule has 0 radical (unpaired) electrons. The molecule has 7 heteroatoms. The number of hydrogen-bond donors (Lipinski definition) is 1. The summed E-state index contributed by atoms with van der Waals surface area (Å²) in [6, 6.07) is 4.41. The summed E-state index contributed by atoms with van der Waals surface area (Å²) < 4.78 is 1.97. The molecule has 3 rings (SSSR count). The first kappa shape index (κ1) is 17.1. The van der Waals surface area contributed by atoms with E-state index in [0.717, 1.165) is 37.6 Å². The number of nitrogens with zero attached hydrogens (tertiary/aromatic N) is 4. The van der Waals surface area contributed by atoms with Gasteiger partial charge in [-0.3, -0.25) is 9.69 Å². The number of carbonyl (C=O) groups excluding carboxylic acids is 1. The topological polar surface area (TPSA) is 63.1 Å². The molecule has 0 unspecified atom stereocenters. The maximum absolute atomic E-state index is 12.3. The van der Waals surface area contributed by atoms with Crippen molar-refractivity contribution in [2.45, 2.75) is 52.2 Å². The van der Waals surface area contributed by atoms with Crippen LogP contribution in [0.3, 0.4) is 0 Å². The average molecular weight is 347 g/mol. The zero-order chi connectivity index (χ0) is 16.9. The highest BCUT2D eigenvalue weighted by atomic mass is 32.1. The second-order valence-corrected chi connectivity index (χ2v) is 7.40. The summed E-state index contributed by atoms with van der Waals surface area (Å²) in [5, 5.41) is 9.53. The molecule has 1 atom stereocenters. The van der Waals surface area contributed by atoms with Gasteiger partial charge in [0.1, 0.15) is 11.6 Å². The van der Waals surface area contributed by atoms with Gasteiger partial charge in [-0.1, -0.05) is 12.5 Å². The van der Waals surface area contributed by atoms with E-state index in [1.165, 1.54) is 11.3 Å². The van der Waals surface area contributed by atoms with Gasteiger partial charge in [-0.15, -0.1) is 11.3 Å². The molecule has 24 heavy (non-hydrogen) atoms. The minimum Gasteiger partial charge on any atom is -0.350 e. The molecular formula is C17H25N5OS. The average Bonchev–Trinajstić information content (AvgIpc) is 3.17. The summed E-state index contributed by atoms with van der Waals surface area (Å²) in [6.45, 7) is 6.77. The highest BCUT2D eigenvalue weighted by Crippen LogP contribution is 2.18. The Balaban J connectivity index is 1.55. The maximum Gasteiger partial charge on any atom is 0.234 e. The number of thiophene rings is 1. The molecule has 1 saturated heterocycles. The van der Waals surface area contributed by atoms with Crippen molar-refractivity contribution < 1.29 is 4.79 Å². The Morgan fingerprint density at radius 2 is 2.29 bits per heavy atom. The van der Waals surface area contributed by atoms with Crippen molar-refractivity contribution >= 4 is 17.2 Å². The van der Waals surface area contributed by atoms with Gasteiger partial charge in [-0.25, -0.2) is 9.67 Å². The molecule has 2 aromatic heterocycles. The fourth-order valence-electron chi connectivity index (χ4n) is 3.25. The normalized spacial score (nSPS) is 18.7. The molecule has 3 heterocycles. The summed E-state index contributed by atoms with van der Waals surface area (Å²) in [7, 11) is 0. The van der Waals surface area contributed by atoms with Crippen LogP contribution in [0.2, 0.25) is 0 Å². The Morgan fingerprint density at radius 1 is 1.42 bits per heavy atom. The van der Waals surface area contributed by atoms with E-state index in [4.69, 9.17) is 0 Å². The van der Waals surface area contributed by atoms with Gasteiger partial charge in [0.05, 0.1) is 19.6 Å². The molecule has 2 aromatic rings. The third-order valence-electron chi connectivity index (χ3n) is 4.48.